The van der Waals surface area contributed by atoms with Gasteiger partial charge in [0, 0.05) is 33.3 Å². The summed E-state index contributed by atoms with van der Waals surface area (Å²) < 4.78 is 12.1. The zero-order chi connectivity index (χ0) is 18.8. The molecular formula is C20H21BrN2O3S. The van der Waals surface area contributed by atoms with Crippen LogP contribution in [0.1, 0.15) is 13.3 Å². The monoisotopic (exact) mass is 448 g/mol. The minimum Gasteiger partial charge on any atom is -0.486 e. The molecule has 1 N–H and O–H groups in total. The number of nitrogens with one attached hydrogen (secondary N) is 1. The van der Waals surface area contributed by atoms with Gasteiger partial charge in [0.15, 0.2) is 11.5 Å². The first kappa shape index (κ1) is 18.5. The van der Waals surface area contributed by atoms with Crippen molar-refractivity contribution in [3.8, 4) is 11.5 Å². The highest BCUT2D eigenvalue weighted by Crippen LogP contribution is 2.39. The molecule has 2 aliphatic rings. The lowest BCUT2D eigenvalue weighted by Gasteiger charge is -2.24. The lowest BCUT2D eigenvalue weighted by Crippen LogP contribution is -2.36. The van der Waals surface area contributed by atoms with E-state index in [0.717, 1.165) is 39.5 Å². The van der Waals surface area contributed by atoms with Crippen LogP contribution >= 0.6 is 27.7 Å². The van der Waals surface area contributed by atoms with Crippen LogP contribution in [0.2, 0.25) is 0 Å². The first-order valence-corrected chi connectivity index (χ1v) is 10.7. The normalized spacial score (nSPS) is 18.4. The Morgan fingerprint density at radius 3 is 2.81 bits per heavy atom. The van der Waals surface area contributed by atoms with Gasteiger partial charge in [0.2, 0.25) is 5.91 Å². The van der Waals surface area contributed by atoms with Crippen LogP contribution in [-0.4, -0.2) is 37.5 Å². The molecule has 27 heavy (non-hydrogen) atoms. The second kappa shape index (κ2) is 8.02. The summed E-state index contributed by atoms with van der Waals surface area (Å²) in [6.45, 7) is 4.24. The fourth-order valence-electron chi connectivity index (χ4n) is 3.21. The predicted molar refractivity (Wildman–Crippen MR) is 112 cm³/mol. The van der Waals surface area contributed by atoms with E-state index in [4.69, 9.17) is 9.47 Å². The summed E-state index contributed by atoms with van der Waals surface area (Å²) in [5, 5.41) is 3.73. The van der Waals surface area contributed by atoms with E-state index in [0.29, 0.717) is 24.2 Å². The molecule has 0 saturated carbocycles. The molecule has 1 atom stereocenters. The lowest BCUT2D eigenvalue weighted by molar-refractivity contribution is -0.117. The Hall–Kier alpha value is -1.86. The van der Waals surface area contributed by atoms with Crippen LogP contribution in [-0.2, 0) is 4.79 Å². The number of thioether (sulfide) groups is 1. The van der Waals surface area contributed by atoms with Gasteiger partial charge in [-0.15, -0.1) is 11.8 Å². The molecule has 0 aromatic heterocycles. The van der Waals surface area contributed by atoms with Crippen molar-refractivity contribution in [3.63, 3.8) is 0 Å². The molecular weight excluding hydrogens is 428 g/mol. The van der Waals surface area contributed by atoms with Crippen LogP contribution in [0.3, 0.4) is 0 Å². The number of carbonyl (C=O) groups is 1. The summed E-state index contributed by atoms with van der Waals surface area (Å²) in [7, 11) is 0. The third-order valence-electron chi connectivity index (χ3n) is 4.61. The fraction of sp³-hybridized carbons (Fsp3) is 0.350. The van der Waals surface area contributed by atoms with Crippen molar-refractivity contribution in [2.75, 3.05) is 36.5 Å². The highest BCUT2D eigenvalue weighted by Gasteiger charge is 2.24. The third kappa shape index (κ3) is 4.04. The first-order valence-electron chi connectivity index (χ1n) is 9.01. The van der Waals surface area contributed by atoms with Crippen molar-refractivity contribution in [1.82, 2.24) is 0 Å². The smallest absolute Gasteiger partial charge is 0.246 e. The minimum atomic E-state index is 0.0546. The van der Waals surface area contributed by atoms with E-state index in [9.17, 15) is 4.79 Å². The predicted octanol–water partition coefficient (Wildman–Crippen LogP) is 4.55. The average molecular weight is 449 g/mol. The quantitative estimate of drug-likeness (QED) is 0.745. The number of para-hydroxylation sites is 1. The third-order valence-corrected chi connectivity index (χ3v) is 6.50. The van der Waals surface area contributed by atoms with Crippen LogP contribution < -0.4 is 19.7 Å². The van der Waals surface area contributed by atoms with Crippen LogP contribution in [0.5, 0.6) is 11.5 Å². The van der Waals surface area contributed by atoms with Crippen LogP contribution in [0, 0.1) is 0 Å². The second-order valence-electron chi connectivity index (χ2n) is 6.56. The number of benzene rings is 2. The Kier molecular flexibility index (Phi) is 5.50. The zero-order valence-corrected chi connectivity index (χ0v) is 17.4. The summed E-state index contributed by atoms with van der Waals surface area (Å²) in [5.41, 5.74) is 1.82. The van der Waals surface area contributed by atoms with Gasteiger partial charge in [0.25, 0.3) is 0 Å². The highest BCUT2D eigenvalue weighted by molar-refractivity contribution is 9.10. The molecule has 2 heterocycles. The number of hydrogen-bond acceptors (Lipinski definition) is 5. The SMILES string of the molecule is C[C@H]1CCN(C(=O)CNc2cc3c(cc2Br)OCCO3)c2ccccc2S1. The highest BCUT2D eigenvalue weighted by atomic mass is 79.9. The molecule has 2 aromatic carbocycles. The number of amides is 1. The van der Waals surface area contributed by atoms with Gasteiger partial charge in [-0.05, 0) is 34.5 Å². The van der Waals surface area contributed by atoms with Crippen LogP contribution in [0.25, 0.3) is 0 Å². The summed E-state index contributed by atoms with van der Waals surface area (Å²) in [6.07, 6.45) is 0.971. The molecule has 1 amide bonds. The Morgan fingerprint density at radius 2 is 2.00 bits per heavy atom. The van der Waals surface area contributed by atoms with Crippen molar-refractivity contribution in [1.29, 1.82) is 0 Å². The molecule has 0 spiro atoms. The molecule has 0 aliphatic carbocycles. The Bertz CT molecular complexity index is 861. The maximum absolute atomic E-state index is 13.0. The number of hydrogen-bond donors (Lipinski definition) is 1. The molecule has 0 saturated heterocycles. The summed E-state index contributed by atoms with van der Waals surface area (Å²) in [5.74, 6) is 1.47. The first-order chi connectivity index (χ1) is 13.1. The van der Waals surface area contributed by atoms with Crippen molar-refractivity contribution in [2.24, 2.45) is 0 Å². The Balaban J connectivity index is 1.50. The number of ether oxygens (including phenoxy) is 2. The standard InChI is InChI=1S/C20H21BrN2O3S/c1-13-6-7-23(16-4-2-3-5-19(16)27-13)20(24)12-22-15-11-18-17(10-14(15)21)25-8-9-26-18/h2-5,10-11,13,22H,6-9,12H2,1H3/t13-/m0/s1. The molecule has 7 heteroatoms. The molecule has 4 rings (SSSR count). The summed E-state index contributed by atoms with van der Waals surface area (Å²) >= 11 is 5.38. The molecule has 0 radical (unpaired) electrons. The molecule has 142 valence electrons. The van der Waals surface area contributed by atoms with E-state index in [1.165, 1.54) is 0 Å². The van der Waals surface area contributed by atoms with Crippen LogP contribution in [0.4, 0.5) is 11.4 Å². The number of rotatable bonds is 3. The van der Waals surface area contributed by atoms with Gasteiger partial charge in [0.1, 0.15) is 13.2 Å². The number of halogens is 1. The molecule has 0 unspecified atom stereocenters. The van der Waals surface area contributed by atoms with E-state index in [-0.39, 0.29) is 12.5 Å². The number of nitrogens with zero attached hydrogens (tertiary/aromatic N) is 1. The Morgan fingerprint density at radius 1 is 1.26 bits per heavy atom. The number of fused-ring (bicyclic) bond motifs is 2. The van der Waals surface area contributed by atoms with Gasteiger partial charge in [-0.1, -0.05) is 19.1 Å². The van der Waals surface area contributed by atoms with Crippen molar-refractivity contribution in [2.45, 2.75) is 23.5 Å². The number of carbonyl (C=O) groups excluding carboxylic acids is 1. The number of anilines is 2. The largest absolute Gasteiger partial charge is 0.486 e. The van der Waals surface area contributed by atoms with Crippen LogP contribution in [0.15, 0.2) is 45.8 Å². The lowest BCUT2D eigenvalue weighted by atomic mass is 10.2. The Labute approximate surface area is 171 Å². The minimum absolute atomic E-state index is 0.0546. The summed E-state index contributed by atoms with van der Waals surface area (Å²) in [4.78, 5) is 16.0. The van der Waals surface area contributed by atoms with E-state index in [2.05, 4.69) is 34.2 Å². The maximum atomic E-state index is 13.0. The van der Waals surface area contributed by atoms with Gasteiger partial charge < -0.3 is 19.7 Å². The second-order valence-corrected chi connectivity index (χ2v) is 8.89. The molecule has 5 nitrogen and oxygen atoms in total. The van der Waals surface area contributed by atoms with Gasteiger partial charge in [-0.3, -0.25) is 4.79 Å². The molecule has 2 aliphatic heterocycles. The van der Waals surface area contributed by atoms with Crippen molar-refractivity contribution in [3.05, 3.63) is 40.9 Å². The van der Waals surface area contributed by atoms with Gasteiger partial charge >= 0.3 is 0 Å². The summed E-state index contributed by atoms with van der Waals surface area (Å²) in [6, 6.07) is 11.9. The molecule has 0 bridgehead atoms. The van der Waals surface area contributed by atoms with Crippen molar-refractivity contribution < 1.29 is 14.3 Å². The maximum Gasteiger partial charge on any atom is 0.246 e. The van der Waals surface area contributed by atoms with Crippen molar-refractivity contribution >= 4 is 45.0 Å². The molecule has 2 aromatic rings. The van der Waals surface area contributed by atoms with E-state index >= 15 is 0 Å². The zero-order valence-electron chi connectivity index (χ0n) is 15.0. The van der Waals surface area contributed by atoms with E-state index in [1.807, 2.05) is 47.0 Å². The van der Waals surface area contributed by atoms with Gasteiger partial charge in [-0.2, -0.15) is 0 Å². The molecule has 0 fully saturated rings. The van der Waals surface area contributed by atoms with E-state index in [1.54, 1.807) is 0 Å². The van der Waals surface area contributed by atoms with Gasteiger partial charge in [-0.25, -0.2) is 0 Å². The van der Waals surface area contributed by atoms with Gasteiger partial charge in [0.05, 0.1) is 17.9 Å². The topological polar surface area (TPSA) is 50.8 Å². The fourth-order valence-corrected chi connectivity index (χ4v) is 4.79. The average Bonchev–Trinajstić information content (AvgIpc) is 2.84. The van der Waals surface area contributed by atoms with E-state index < -0.39 is 0 Å².